The third-order valence-electron chi connectivity index (χ3n) is 3.67. The first-order valence-electron chi connectivity index (χ1n) is 6.34. The summed E-state index contributed by atoms with van der Waals surface area (Å²) in [5, 5.41) is 3.38. The van der Waals surface area contributed by atoms with Crippen molar-refractivity contribution in [3.8, 4) is 0 Å². The highest BCUT2D eigenvalue weighted by Gasteiger charge is 2.19. The number of nitrogens with zero attached hydrogens (tertiary/aromatic N) is 1. The Bertz CT molecular complexity index is 594. The molecule has 18 heavy (non-hydrogen) atoms. The summed E-state index contributed by atoms with van der Waals surface area (Å²) in [6.07, 6.45) is 1.21. The van der Waals surface area contributed by atoms with E-state index >= 15 is 0 Å². The average molecular weight is 246 g/mol. The van der Waals surface area contributed by atoms with Gasteiger partial charge in [-0.3, -0.25) is 4.90 Å². The number of imidazole rings is 1. The summed E-state index contributed by atoms with van der Waals surface area (Å²) >= 11 is 0. The normalized spacial score (nSPS) is 20.0. The average Bonchev–Trinajstić information content (AvgIpc) is 2.95. The lowest BCUT2D eigenvalue weighted by atomic mass is 10.1. The Morgan fingerprint density at radius 3 is 2.94 bits per heavy atom. The molecule has 3 rings (SSSR count). The van der Waals surface area contributed by atoms with Crippen LogP contribution in [0, 0.1) is 0 Å². The zero-order valence-electron chi connectivity index (χ0n) is 10.5. The van der Waals surface area contributed by atoms with E-state index in [1.165, 1.54) is 12.0 Å². The highest BCUT2D eigenvalue weighted by molar-refractivity contribution is 5.74. The highest BCUT2D eigenvalue weighted by Crippen LogP contribution is 2.14. The van der Waals surface area contributed by atoms with E-state index in [2.05, 4.69) is 33.3 Å². The first-order valence-corrected chi connectivity index (χ1v) is 6.34. The summed E-state index contributed by atoms with van der Waals surface area (Å²) in [6.45, 7) is 3.09. The molecule has 0 radical (unpaired) electrons. The van der Waals surface area contributed by atoms with Crippen molar-refractivity contribution in [1.29, 1.82) is 0 Å². The molecule has 0 spiro atoms. The summed E-state index contributed by atoms with van der Waals surface area (Å²) in [4.78, 5) is 19.1. The summed E-state index contributed by atoms with van der Waals surface area (Å²) in [7, 11) is 2.15. The Balaban J connectivity index is 1.79. The molecule has 0 amide bonds. The summed E-state index contributed by atoms with van der Waals surface area (Å²) < 4.78 is 0. The minimum Gasteiger partial charge on any atom is -0.315 e. The van der Waals surface area contributed by atoms with Crippen molar-refractivity contribution in [2.24, 2.45) is 0 Å². The van der Waals surface area contributed by atoms with Crippen LogP contribution in [0.25, 0.3) is 11.0 Å². The summed E-state index contributed by atoms with van der Waals surface area (Å²) in [5.74, 6) is 0. The van der Waals surface area contributed by atoms with Gasteiger partial charge in [0.25, 0.3) is 0 Å². The van der Waals surface area contributed by atoms with Gasteiger partial charge >= 0.3 is 5.69 Å². The van der Waals surface area contributed by atoms with Crippen molar-refractivity contribution in [3.63, 3.8) is 0 Å². The molecular weight excluding hydrogens is 228 g/mol. The molecule has 3 N–H and O–H groups in total. The fourth-order valence-corrected chi connectivity index (χ4v) is 2.61. The Labute approximate surface area is 105 Å². The number of nitrogens with one attached hydrogen (secondary N) is 3. The maximum Gasteiger partial charge on any atom is 0.323 e. The standard InChI is InChI=1S/C13H18N4O/c1-17(10-4-5-14-7-10)8-9-2-3-11-12(6-9)16-13(18)15-11/h2-3,6,10,14H,4-5,7-8H2,1H3,(H2,15,16,18). The zero-order chi connectivity index (χ0) is 12.5. The molecule has 2 heterocycles. The van der Waals surface area contributed by atoms with E-state index in [1.807, 2.05) is 12.1 Å². The molecule has 1 aliphatic rings. The van der Waals surface area contributed by atoms with Crippen molar-refractivity contribution >= 4 is 11.0 Å². The van der Waals surface area contributed by atoms with Crippen LogP contribution in [0.5, 0.6) is 0 Å². The van der Waals surface area contributed by atoms with E-state index in [0.717, 1.165) is 30.7 Å². The van der Waals surface area contributed by atoms with Crippen LogP contribution in [-0.4, -0.2) is 41.0 Å². The number of H-pyrrole nitrogens is 2. The number of likely N-dealkylation sites (N-methyl/N-ethyl adjacent to an activating group) is 1. The molecule has 1 aromatic heterocycles. The third-order valence-corrected chi connectivity index (χ3v) is 3.67. The van der Waals surface area contributed by atoms with E-state index in [9.17, 15) is 4.79 Å². The van der Waals surface area contributed by atoms with Crippen molar-refractivity contribution in [1.82, 2.24) is 20.2 Å². The van der Waals surface area contributed by atoms with Gasteiger partial charge in [0.15, 0.2) is 0 Å². The molecule has 1 aromatic carbocycles. The summed E-state index contributed by atoms with van der Waals surface area (Å²) in [5.41, 5.74) is 2.84. The van der Waals surface area contributed by atoms with Crippen LogP contribution in [0.4, 0.5) is 0 Å². The molecule has 96 valence electrons. The van der Waals surface area contributed by atoms with Crippen LogP contribution in [0.3, 0.4) is 0 Å². The minimum atomic E-state index is -0.143. The topological polar surface area (TPSA) is 63.9 Å². The number of fused-ring (bicyclic) bond motifs is 1. The quantitative estimate of drug-likeness (QED) is 0.745. The third kappa shape index (κ3) is 2.19. The monoisotopic (exact) mass is 246 g/mol. The van der Waals surface area contributed by atoms with Crippen molar-refractivity contribution in [2.45, 2.75) is 19.0 Å². The lowest BCUT2D eigenvalue weighted by Gasteiger charge is -2.23. The molecular formula is C13H18N4O. The smallest absolute Gasteiger partial charge is 0.315 e. The maximum absolute atomic E-state index is 11.2. The Kier molecular flexibility index (Phi) is 2.93. The van der Waals surface area contributed by atoms with Gasteiger partial charge in [0.05, 0.1) is 11.0 Å². The molecule has 1 aliphatic heterocycles. The van der Waals surface area contributed by atoms with E-state index in [4.69, 9.17) is 0 Å². The van der Waals surface area contributed by atoms with E-state index in [0.29, 0.717) is 6.04 Å². The lowest BCUT2D eigenvalue weighted by Crippen LogP contribution is -2.32. The van der Waals surface area contributed by atoms with Crippen molar-refractivity contribution in [3.05, 3.63) is 34.2 Å². The van der Waals surface area contributed by atoms with Crippen LogP contribution >= 0.6 is 0 Å². The lowest BCUT2D eigenvalue weighted by molar-refractivity contribution is 0.249. The Morgan fingerprint density at radius 1 is 1.33 bits per heavy atom. The molecule has 1 atom stereocenters. The van der Waals surface area contributed by atoms with E-state index in [1.54, 1.807) is 0 Å². The number of hydrogen-bond donors (Lipinski definition) is 3. The van der Waals surface area contributed by atoms with Gasteiger partial charge in [-0.2, -0.15) is 0 Å². The molecule has 1 unspecified atom stereocenters. The van der Waals surface area contributed by atoms with Gasteiger partial charge < -0.3 is 15.3 Å². The predicted octanol–water partition coefficient (Wildman–Crippen LogP) is 0.650. The van der Waals surface area contributed by atoms with Crippen LogP contribution in [-0.2, 0) is 6.54 Å². The Hall–Kier alpha value is -1.59. The second kappa shape index (κ2) is 4.59. The van der Waals surface area contributed by atoms with Crippen molar-refractivity contribution < 1.29 is 0 Å². The number of hydrogen-bond acceptors (Lipinski definition) is 3. The van der Waals surface area contributed by atoms with Crippen LogP contribution in [0.15, 0.2) is 23.0 Å². The van der Waals surface area contributed by atoms with Gasteiger partial charge in [0.1, 0.15) is 0 Å². The molecule has 1 fully saturated rings. The second-order valence-electron chi connectivity index (χ2n) is 5.02. The van der Waals surface area contributed by atoms with Crippen LogP contribution < -0.4 is 11.0 Å². The molecule has 0 saturated carbocycles. The minimum absolute atomic E-state index is 0.143. The first-order chi connectivity index (χ1) is 8.72. The zero-order valence-corrected chi connectivity index (χ0v) is 10.5. The molecule has 2 aromatic rings. The van der Waals surface area contributed by atoms with Crippen molar-refractivity contribution in [2.75, 3.05) is 20.1 Å². The van der Waals surface area contributed by atoms with Gasteiger partial charge in [-0.1, -0.05) is 6.07 Å². The van der Waals surface area contributed by atoms with Crippen LogP contribution in [0.2, 0.25) is 0 Å². The molecule has 1 saturated heterocycles. The molecule has 0 aliphatic carbocycles. The van der Waals surface area contributed by atoms with Crippen LogP contribution in [0.1, 0.15) is 12.0 Å². The first kappa shape index (κ1) is 11.5. The SMILES string of the molecule is CN(Cc1ccc2[nH]c(=O)[nH]c2c1)C1CCNC1. The van der Waals surface area contributed by atoms with E-state index < -0.39 is 0 Å². The van der Waals surface area contributed by atoms with Gasteiger partial charge in [0, 0.05) is 19.1 Å². The van der Waals surface area contributed by atoms with Gasteiger partial charge in [-0.25, -0.2) is 4.79 Å². The number of benzene rings is 1. The fourth-order valence-electron chi connectivity index (χ4n) is 2.61. The second-order valence-corrected chi connectivity index (χ2v) is 5.02. The number of aromatic nitrogens is 2. The molecule has 5 heteroatoms. The number of aromatic amines is 2. The molecule has 5 nitrogen and oxygen atoms in total. The van der Waals surface area contributed by atoms with Gasteiger partial charge in [-0.05, 0) is 37.7 Å². The predicted molar refractivity (Wildman–Crippen MR) is 71.7 cm³/mol. The summed E-state index contributed by atoms with van der Waals surface area (Å²) in [6, 6.07) is 6.70. The fraction of sp³-hybridized carbons (Fsp3) is 0.462. The molecule has 0 bridgehead atoms. The van der Waals surface area contributed by atoms with E-state index in [-0.39, 0.29) is 5.69 Å². The van der Waals surface area contributed by atoms with Gasteiger partial charge in [-0.15, -0.1) is 0 Å². The maximum atomic E-state index is 11.2. The number of rotatable bonds is 3. The Morgan fingerprint density at radius 2 is 2.17 bits per heavy atom. The van der Waals surface area contributed by atoms with Gasteiger partial charge in [0.2, 0.25) is 0 Å². The highest BCUT2D eigenvalue weighted by atomic mass is 16.1. The largest absolute Gasteiger partial charge is 0.323 e.